The third kappa shape index (κ3) is 1.48. The van der Waals surface area contributed by atoms with Crippen molar-refractivity contribution in [2.75, 3.05) is 11.5 Å². The molecule has 1 aromatic carbocycles. The molecule has 0 aliphatic heterocycles. The number of nitrogens with two attached hydrogens (primary N) is 4. The molecule has 0 amide bonds. The van der Waals surface area contributed by atoms with Crippen LogP contribution >= 0.6 is 0 Å². The second-order valence-electron chi connectivity index (χ2n) is 2.63. The first-order valence-electron chi connectivity index (χ1n) is 3.37. The Hall–Kier alpha value is -1.30. The summed E-state index contributed by atoms with van der Waals surface area (Å²) in [6.07, 6.45) is 0. The van der Waals surface area contributed by atoms with Crippen LogP contribution in [0.15, 0.2) is 18.2 Å². The fourth-order valence-corrected chi connectivity index (χ4v) is 0.932. The lowest BCUT2D eigenvalue weighted by Crippen LogP contribution is -2.46. The standard InChI is InChI=1S/C7H12N4O/c8-5-3-1-2-4(6(5)9)7(10,11)12/h1-3,12H,8-11H2. The molecule has 0 atom stereocenters. The SMILES string of the molecule is Nc1cccc(C(N)(N)O)c1N. The molecule has 0 saturated carbocycles. The van der Waals surface area contributed by atoms with Gasteiger partial charge in [0.25, 0.3) is 0 Å². The summed E-state index contributed by atoms with van der Waals surface area (Å²) in [5.74, 6) is -1.93. The number of rotatable bonds is 1. The van der Waals surface area contributed by atoms with Gasteiger partial charge in [0.15, 0.2) is 5.85 Å². The second kappa shape index (κ2) is 2.63. The Kier molecular flexibility index (Phi) is 1.93. The Morgan fingerprint density at radius 1 is 1.17 bits per heavy atom. The molecule has 0 radical (unpaired) electrons. The normalized spacial score (nSPS) is 11.6. The van der Waals surface area contributed by atoms with Crippen molar-refractivity contribution in [3.8, 4) is 0 Å². The van der Waals surface area contributed by atoms with Gasteiger partial charge in [-0.2, -0.15) is 0 Å². The minimum atomic E-state index is -1.93. The highest BCUT2D eigenvalue weighted by Gasteiger charge is 2.20. The number of hydrogen-bond acceptors (Lipinski definition) is 5. The van der Waals surface area contributed by atoms with Crippen LogP contribution in [-0.4, -0.2) is 5.11 Å². The summed E-state index contributed by atoms with van der Waals surface area (Å²) >= 11 is 0. The molecule has 0 unspecified atom stereocenters. The average molecular weight is 168 g/mol. The number of hydrogen-bond donors (Lipinski definition) is 5. The molecule has 1 aromatic rings. The Morgan fingerprint density at radius 2 is 1.75 bits per heavy atom. The van der Waals surface area contributed by atoms with E-state index in [1.165, 1.54) is 6.07 Å². The van der Waals surface area contributed by atoms with E-state index in [0.717, 1.165) is 0 Å². The second-order valence-corrected chi connectivity index (χ2v) is 2.63. The van der Waals surface area contributed by atoms with Crippen LogP contribution in [0.5, 0.6) is 0 Å². The number of aliphatic hydroxyl groups is 1. The minimum Gasteiger partial charge on any atom is -0.397 e. The van der Waals surface area contributed by atoms with Crippen LogP contribution in [0.3, 0.4) is 0 Å². The van der Waals surface area contributed by atoms with Crippen molar-refractivity contribution in [1.29, 1.82) is 0 Å². The highest BCUT2D eigenvalue weighted by atomic mass is 16.3. The van der Waals surface area contributed by atoms with Gasteiger partial charge in [-0.25, -0.2) is 0 Å². The zero-order valence-corrected chi connectivity index (χ0v) is 6.49. The Labute approximate surface area is 70.0 Å². The van der Waals surface area contributed by atoms with E-state index in [4.69, 9.17) is 22.9 Å². The maximum Gasteiger partial charge on any atom is 0.196 e. The van der Waals surface area contributed by atoms with Gasteiger partial charge < -0.3 is 16.6 Å². The molecule has 0 fully saturated rings. The van der Waals surface area contributed by atoms with Gasteiger partial charge in [-0.1, -0.05) is 12.1 Å². The molecular formula is C7H12N4O. The topological polar surface area (TPSA) is 124 Å². The van der Waals surface area contributed by atoms with Crippen molar-refractivity contribution in [3.63, 3.8) is 0 Å². The number of para-hydroxylation sites is 1. The van der Waals surface area contributed by atoms with Gasteiger partial charge in [-0.15, -0.1) is 0 Å². The van der Waals surface area contributed by atoms with Crippen LogP contribution in [0, 0.1) is 0 Å². The monoisotopic (exact) mass is 168 g/mol. The summed E-state index contributed by atoms with van der Waals surface area (Å²) in [7, 11) is 0. The van der Waals surface area contributed by atoms with E-state index < -0.39 is 5.85 Å². The highest BCUT2D eigenvalue weighted by molar-refractivity contribution is 5.68. The smallest absolute Gasteiger partial charge is 0.196 e. The summed E-state index contributed by atoms with van der Waals surface area (Å²) in [6, 6.07) is 4.74. The third-order valence-corrected chi connectivity index (χ3v) is 1.57. The highest BCUT2D eigenvalue weighted by Crippen LogP contribution is 2.23. The van der Waals surface area contributed by atoms with Crippen LogP contribution in [0.25, 0.3) is 0 Å². The average Bonchev–Trinajstić information content (AvgIpc) is 1.92. The number of benzene rings is 1. The molecule has 0 bridgehead atoms. The maximum atomic E-state index is 9.21. The zero-order valence-electron chi connectivity index (χ0n) is 6.49. The van der Waals surface area contributed by atoms with E-state index >= 15 is 0 Å². The lowest BCUT2D eigenvalue weighted by Gasteiger charge is -2.19. The first-order valence-corrected chi connectivity index (χ1v) is 3.37. The number of anilines is 2. The first kappa shape index (κ1) is 8.79. The van der Waals surface area contributed by atoms with E-state index in [2.05, 4.69) is 0 Å². The van der Waals surface area contributed by atoms with E-state index in [9.17, 15) is 5.11 Å². The largest absolute Gasteiger partial charge is 0.397 e. The van der Waals surface area contributed by atoms with Crippen LogP contribution in [-0.2, 0) is 5.85 Å². The summed E-state index contributed by atoms with van der Waals surface area (Å²) in [4.78, 5) is 0. The molecule has 0 aliphatic carbocycles. The van der Waals surface area contributed by atoms with E-state index in [1.54, 1.807) is 12.1 Å². The molecule has 5 heteroatoms. The molecule has 66 valence electrons. The fraction of sp³-hybridized carbons (Fsp3) is 0.143. The van der Waals surface area contributed by atoms with E-state index in [0.29, 0.717) is 5.69 Å². The van der Waals surface area contributed by atoms with Crippen molar-refractivity contribution >= 4 is 11.4 Å². The van der Waals surface area contributed by atoms with Gasteiger partial charge in [0.1, 0.15) is 0 Å². The summed E-state index contributed by atoms with van der Waals surface area (Å²) in [5.41, 5.74) is 22.2. The quantitative estimate of drug-likeness (QED) is 0.268. The molecule has 0 aliphatic rings. The molecular weight excluding hydrogens is 156 g/mol. The van der Waals surface area contributed by atoms with Gasteiger partial charge in [0.2, 0.25) is 0 Å². The molecule has 12 heavy (non-hydrogen) atoms. The van der Waals surface area contributed by atoms with E-state index in [1.807, 2.05) is 0 Å². The summed E-state index contributed by atoms with van der Waals surface area (Å²) in [6.45, 7) is 0. The molecule has 0 aromatic heterocycles. The number of nitrogen functional groups attached to an aromatic ring is 2. The lowest BCUT2D eigenvalue weighted by molar-refractivity contribution is 0.0517. The molecule has 0 heterocycles. The Balaban J connectivity index is 3.26. The van der Waals surface area contributed by atoms with Crippen molar-refractivity contribution in [3.05, 3.63) is 23.8 Å². The predicted molar refractivity (Wildman–Crippen MR) is 47.5 cm³/mol. The van der Waals surface area contributed by atoms with Crippen molar-refractivity contribution < 1.29 is 5.11 Å². The fourth-order valence-electron chi connectivity index (χ4n) is 0.932. The third-order valence-electron chi connectivity index (χ3n) is 1.57. The maximum absolute atomic E-state index is 9.21. The molecule has 5 nitrogen and oxygen atoms in total. The first-order chi connectivity index (χ1) is 5.43. The van der Waals surface area contributed by atoms with Crippen LogP contribution in [0.1, 0.15) is 5.56 Å². The van der Waals surface area contributed by atoms with Gasteiger partial charge in [0.05, 0.1) is 11.4 Å². The zero-order chi connectivity index (χ0) is 9.35. The van der Waals surface area contributed by atoms with Crippen LogP contribution in [0.4, 0.5) is 11.4 Å². The molecule has 0 saturated heterocycles. The van der Waals surface area contributed by atoms with Crippen molar-refractivity contribution in [2.45, 2.75) is 5.85 Å². The van der Waals surface area contributed by atoms with Gasteiger partial charge in [-0.3, -0.25) is 11.5 Å². The van der Waals surface area contributed by atoms with Gasteiger partial charge in [0, 0.05) is 5.56 Å². The predicted octanol–water partition coefficient (Wildman–Crippen LogP) is -1.13. The van der Waals surface area contributed by atoms with E-state index in [-0.39, 0.29) is 11.3 Å². The minimum absolute atomic E-state index is 0.213. The van der Waals surface area contributed by atoms with Crippen LogP contribution < -0.4 is 22.9 Å². The van der Waals surface area contributed by atoms with Crippen molar-refractivity contribution in [1.82, 2.24) is 0 Å². The summed E-state index contributed by atoms with van der Waals surface area (Å²) in [5, 5.41) is 9.21. The summed E-state index contributed by atoms with van der Waals surface area (Å²) < 4.78 is 0. The lowest BCUT2D eigenvalue weighted by atomic mass is 10.1. The molecule has 0 spiro atoms. The van der Waals surface area contributed by atoms with Crippen LogP contribution in [0.2, 0.25) is 0 Å². The Morgan fingerprint density at radius 3 is 2.17 bits per heavy atom. The van der Waals surface area contributed by atoms with Gasteiger partial charge >= 0.3 is 0 Å². The molecule has 1 rings (SSSR count). The molecule has 9 N–H and O–H groups in total. The van der Waals surface area contributed by atoms with Gasteiger partial charge in [-0.05, 0) is 6.07 Å². The van der Waals surface area contributed by atoms with Crippen molar-refractivity contribution in [2.24, 2.45) is 11.5 Å². The Bertz CT molecular complexity index is 292.